The second kappa shape index (κ2) is 8.71. The summed E-state index contributed by atoms with van der Waals surface area (Å²) in [5.41, 5.74) is 2.83. The number of carbonyl (C=O) groups excluding carboxylic acids is 2. The maximum absolute atomic E-state index is 12.1. The average molecular weight is 424 g/mol. The Kier molecular flexibility index (Phi) is 5.87. The Morgan fingerprint density at radius 1 is 1.24 bits per heavy atom. The van der Waals surface area contributed by atoms with E-state index in [1.165, 1.54) is 6.08 Å². The maximum atomic E-state index is 12.1. The number of nitrogens with zero attached hydrogens (tertiary/aromatic N) is 2. The third kappa shape index (κ3) is 4.81. The highest BCUT2D eigenvalue weighted by atomic mass is 32.1. The van der Waals surface area contributed by atoms with E-state index >= 15 is 0 Å². The first-order chi connectivity index (χ1) is 14.1. The van der Waals surface area contributed by atoms with Crippen LogP contribution in [0.2, 0.25) is 0 Å². The van der Waals surface area contributed by atoms with Gasteiger partial charge < -0.3 is 10.2 Å². The number of amides is 2. The summed E-state index contributed by atoms with van der Waals surface area (Å²) in [7, 11) is 0. The predicted molar refractivity (Wildman–Crippen MR) is 119 cm³/mol. The predicted octanol–water partition coefficient (Wildman–Crippen LogP) is 4.64. The van der Waals surface area contributed by atoms with Gasteiger partial charge in [0.2, 0.25) is 11.8 Å². The van der Waals surface area contributed by atoms with Gasteiger partial charge in [-0.2, -0.15) is 0 Å². The van der Waals surface area contributed by atoms with Gasteiger partial charge >= 0.3 is 0 Å². The molecule has 0 unspecified atom stereocenters. The van der Waals surface area contributed by atoms with E-state index < -0.39 is 0 Å². The van der Waals surface area contributed by atoms with Crippen LogP contribution < -0.4 is 10.2 Å². The number of benzene rings is 1. The highest BCUT2D eigenvalue weighted by Crippen LogP contribution is 2.29. The number of rotatable bonds is 6. The van der Waals surface area contributed by atoms with Gasteiger partial charge in [-0.15, -0.1) is 22.7 Å². The molecule has 1 N–H and O–H groups in total. The third-order valence-corrected chi connectivity index (χ3v) is 6.56. The molecule has 1 aliphatic rings. The second-order valence-corrected chi connectivity index (χ2v) is 9.04. The minimum Gasteiger partial charge on any atom is -0.348 e. The van der Waals surface area contributed by atoms with E-state index in [9.17, 15) is 9.59 Å². The number of aromatic nitrogens is 1. The van der Waals surface area contributed by atoms with Crippen LogP contribution in [0.15, 0.2) is 47.9 Å². The number of thiazole rings is 1. The van der Waals surface area contributed by atoms with Crippen molar-refractivity contribution in [2.45, 2.75) is 26.3 Å². The highest BCUT2D eigenvalue weighted by Gasteiger charge is 2.21. The summed E-state index contributed by atoms with van der Waals surface area (Å²) in [5.74, 6) is 0.0394. The fourth-order valence-electron chi connectivity index (χ4n) is 3.18. The molecule has 0 saturated carbocycles. The van der Waals surface area contributed by atoms with Crippen molar-refractivity contribution in [3.05, 3.63) is 63.3 Å². The van der Waals surface area contributed by atoms with Crippen LogP contribution in [0.4, 0.5) is 5.69 Å². The summed E-state index contributed by atoms with van der Waals surface area (Å²) in [5, 5.41) is 6.02. The monoisotopic (exact) mass is 423 g/mol. The van der Waals surface area contributed by atoms with Gasteiger partial charge in [-0.1, -0.05) is 12.1 Å². The van der Waals surface area contributed by atoms with Crippen molar-refractivity contribution < 1.29 is 9.59 Å². The van der Waals surface area contributed by atoms with E-state index in [-0.39, 0.29) is 11.8 Å². The van der Waals surface area contributed by atoms with Gasteiger partial charge in [-0.25, -0.2) is 4.98 Å². The maximum Gasteiger partial charge on any atom is 0.244 e. The Morgan fingerprint density at radius 3 is 2.76 bits per heavy atom. The number of carbonyl (C=O) groups is 2. The van der Waals surface area contributed by atoms with Crippen LogP contribution in [-0.2, 0) is 16.1 Å². The van der Waals surface area contributed by atoms with E-state index in [0.717, 1.165) is 44.7 Å². The molecule has 0 aliphatic carbocycles. The van der Waals surface area contributed by atoms with Crippen molar-refractivity contribution in [1.82, 2.24) is 10.3 Å². The summed E-state index contributed by atoms with van der Waals surface area (Å²) in [6, 6.07) is 11.8. The topological polar surface area (TPSA) is 62.3 Å². The van der Waals surface area contributed by atoms with Gasteiger partial charge in [0, 0.05) is 35.0 Å². The molecule has 3 aromatic rings. The normalized spacial score (nSPS) is 14.1. The molecule has 0 spiro atoms. The van der Waals surface area contributed by atoms with Crippen molar-refractivity contribution >= 4 is 46.3 Å². The molecule has 0 bridgehead atoms. The first kappa shape index (κ1) is 19.5. The molecule has 5 nitrogen and oxygen atoms in total. The molecule has 148 valence electrons. The zero-order chi connectivity index (χ0) is 20.2. The van der Waals surface area contributed by atoms with Crippen LogP contribution >= 0.6 is 22.7 Å². The Hall–Kier alpha value is -2.77. The zero-order valence-corrected chi connectivity index (χ0v) is 17.7. The Morgan fingerprint density at radius 2 is 2.07 bits per heavy atom. The Labute approximate surface area is 177 Å². The highest BCUT2D eigenvalue weighted by molar-refractivity contribution is 7.16. The number of hydrogen-bond donors (Lipinski definition) is 1. The SMILES string of the molecule is Cc1nc(-c2ccc(CNC(=O)/C=C/c3ccc(N4CCCC4=O)cc3)s2)cs1. The third-order valence-electron chi connectivity index (χ3n) is 4.68. The fraction of sp³-hybridized carbons (Fsp3) is 0.227. The molecule has 1 fully saturated rings. The smallest absolute Gasteiger partial charge is 0.244 e. The van der Waals surface area contributed by atoms with Crippen LogP contribution in [0.1, 0.15) is 28.3 Å². The standard InChI is InChI=1S/C22H21N3O2S2/c1-15-24-19(14-28-15)20-10-9-18(29-20)13-23-21(26)11-6-16-4-7-17(8-5-16)25-12-2-3-22(25)27/h4-11,14H,2-3,12-13H2,1H3,(H,23,26)/b11-6+. The quantitative estimate of drug-likeness (QED) is 0.588. The van der Waals surface area contributed by atoms with Gasteiger partial charge in [-0.3, -0.25) is 9.59 Å². The van der Waals surface area contributed by atoms with Crippen molar-refractivity contribution in [2.24, 2.45) is 0 Å². The first-order valence-electron chi connectivity index (χ1n) is 9.46. The van der Waals surface area contributed by atoms with Gasteiger partial charge in [0.15, 0.2) is 0 Å². The molecule has 3 heterocycles. The van der Waals surface area contributed by atoms with Crippen LogP contribution in [-0.4, -0.2) is 23.3 Å². The molecular formula is C22H21N3O2S2. The molecule has 2 amide bonds. The molecular weight excluding hydrogens is 402 g/mol. The number of thiophene rings is 1. The van der Waals surface area contributed by atoms with Gasteiger partial charge in [0.1, 0.15) is 0 Å². The molecule has 1 aliphatic heterocycles. The van der Waals surface area contributed by atoms with Crippen LogP contribution in [0.3, 0.4) is 0 Å². The number of nitrogens with one attached hydrogen (secondary N) is 1. The number of anilines is 1. The lowest BCUT2D eigenvalue weighted by molar-refractivity contribution is -0.117. The van der Waals surface area contributed by atoms with Crippen LogP contribution in [0, 0.1) is 6.92 Å². The molecule has 4 rings (SSSR count). The lowest BCUT2D eigenvalue weighted by atomic mass is 10.2. The van der Waals surface area contributed by atoms with Crippen molar-refractivity contribution in [2.75, 3.05) is 11.4 Å². The minimum atomic E-state index is -0.136. The van der Waals surface area contributed by atoms with E-state index in [2.05, 4.69) is 15.7 Å². The summed E-state index contributed by atoms with van der Waals surface area (Å²) < 4.78 is 0. The molecule has 29 heavy (non-hydrogen) atoms. The molecule has 1 saturated heterocycles. The fourth-order valence-corrected chi connectivity index (χ4v) is 4.77. The largest absolute Gasteiger partial charge is 0.348 e. The Balaban J connectivity index is 1.30. The lowest BCUT2D eigenvalue weighted by Crippen LogP contribution is -2.23. The first-order valence-corrected chi connectivity index (χ1v) is 11.2. The van der Waals surface area contributed by atoms with Crippen molar-refractivity contribution in [3.8, 4) is 10.6 Å². The second-order valence-electron chi connectivity index (χ2n) is 6.81. The molecule has 7 heteroatoms. The number of hydrogen-bond acceptors (Lipinski definition) is 5. The van der Waals surface area contributed by atoms with Gasteiger partial charge in [0.25, 0.3) is 0 Å². The summed E-state index contributed by atoms with van der Waals surface area (Å²) in [6.45, 7) is 3.27. The van der Waals surface area contributed by atoms with Crippen molar-refractivity contribution in [3.63, 3.8) is 0 Å². The lowest BCUT2D eigenvalue weighted by Gasteiger charge is -2.15. The van der Waals surface area contributed by atoms with Crippen molar-refractivity contribution in [1.29, 1.82) is 0 Å². The van der Waals surface area contributed by atoms with E-state index in [0.29, 0.717) is 13.0 Å². The minimum absolute atomic E-state index is 0.136. The average Bonchev–Trinajstić information content (AvgIpc) is 3.46. The van der Waals surface area contributed by atoms with Crippen LogP contribution in [0.5, 0.6) is 0 Å². The van der Waals surface area contributed by atoms with Crippen LogP contribution in [0.25, 0.3) is 16.6 Å². The van der Waals surface area contributed by atoms with E-state index in [4.69, 9.17) is 0 Å². The molecule has 1 aromatic carbocycles. The van der Waals surface area contributed by atoms with Gasteiger partial charge in [-0.05, 0) is 49.2 Å². The number of aryl methyl sites for hydroxylation is 1. The van der Waals surface area contributed by atoms with E-state index in [1.807, 2.05) is 48.2 Å². The molecule has 2 aromatic heterocycles. The van der Waals surface area contributed by atoms with E-state index in [1.54, 1.807) is 28.7 Å². The summed E-state index contributed by atoms with van der Waals surface area (Å²) in [4.78, 5) is 32.4. The summed E-state index contributed by atoms with van der Waals surface area (Å²) >= 11 is 3.28. The summed E-state index contributed by atoms with van der Waals surface area (Å²) in [6.07, 6.45) is 4.85. The molecule has 0 radical (unpaired) electrons. The zero-order valence-electron chi connectivity index (χ0n) is 16.1. The van der Waals surface area contributed by atoms with Gasteiger partial charge in [0.05, 0.1) is 22.1 Å². The Bertz CT molecular complexity index is 1050. The molecule has 0 atom stereocenters.